The molecule has 1 aliphatic heterocycles. The number of carboxylic acids is 1. The molecule has 1 fully saturated rings. The van der Waals surface area contributed by atoms with Gasteiger partial charge in [-0.25, -0.2) is 0 Å². The van der Waals surface area contributed by atoms with Crippen LogP contribution in [-0.2, 0) is 20.7 Å². The number of carboxylic acid groups (broad SMARTS) is 1. The van der Waals surface area contributed by atoms with Crippen molar-refractivity contribution >= 4 is 17.7 Å². The third-order valence-corrected chi connectivity index (χ3v) is 4.96. The first-order chi connectivity index (χ1) is 13.0. The van der Waals surface area contributed by atoms with Gasteiger partial charge in [0, 0.05) is 11.6 Å². The highest BCUT2D eigenvalue weighted by Crippen LogP contribution is 2.29. The second-order valence-corrected chi connectivity index (χ2v) is 8.24. The maximum Gasteiger partial charge on any atom is 0.304 e. The summed E-state index contributed by atoms with van der Waals surface area (Å²) >= 11 is 0. The van der Waals surface area contributed by atoms with Crippen LogP contribution in [0.25, 0.3) is 0 Å². The number of aryl methyl sites for hydroxylation is 1. The van der Waals surface area contributed by atoms with Crippen LogP contribution in [-0.4, -0.2) is 47.1 Å². The van der Waals surface area contributed by atoms with Gasteiger partial charge in [0.2, 0.25) is 0 Å². The number of aliphatic carboxylic acids is 1. The van der Waals surface area contributed by atoms with Gasteiger partial charge in [-0.15, -0.1) is 0 Å². The molecule has 0 spiro atoms. The number of epoxide rings is 1. The van der Waals surface area contributed by atoms with Gasteiger partial charge in [0.25, 0.3) is 5.91 Å². The van der Waals surface area contributed by atoms with E-state index in [1.807, 2.05) is 26.8 Å². The van der Waals surface area contributed by atoms with E-state index in [2.05, 4.69) is 5.32 Å². The zero-order chi connectivity index (χ0) is 21.1. The van der Waals surface area contributed by atoms with Crippen LogP contribution in [0.5, 0.6) is 0 Å². The molecular weight excluding hydrogens is 360 g/mol. The van der Waals surface area contributed by atoms with Gasteiger partial charge in [-0.05, 0) is 55.9 Å². The molecular formula is C21H30N2O5. The number of carbonyl (C=O) groups excluding carboxylic acids is 2. The number of amides is 1. The summed E-state index contributed by atoms with van der Waals surface area (Å²) in [5, 5.41) is 11.7. The summed E-state index contributed by atoms with van der Waals surface area (Å²) < 4.78 is 5.26. The topological polar surface area (TPSA) is 122 Å². The number of benzene rings is 1. The van der Waals surface area contributed by atoms with E-state index in [-0.39, 0.29) is 24.0 Å². The molecule has 7 nitrogen and oxygen atoms in total. The molecule has 154 valence electrons. The van der Waals surface area contributed by atoms with Crippen molar-refractivity contribution in [1.29, 1.82) is 0 Å². The molecule has 4 N–H and O–H groups in total. The zero-order valence-corrected chi connectivity index (χ0v) is 17.0. The number of carbonyl (C=O) groups is 3. The molecule has 1 unspecified atom stereocenters. The van der Waals surface area contributed by atoms with Gasteiger partial charge in [0.05, 0.1) is 19.1 Å². The first-order valence-electron chi connectivity index (χ1n) is 9.58. The van der Waals surface area contributed by atoms with E-state index in [4.69, 9.17) is 15.6 Å². The maximum absolute atomic E-state index is 12.8. The van der Waals surface area contributed by atoms with Gasteiger partial charge in [0.15, 0.2) is 5.78 Å². The van der Waals surface area contributed by atoms with Gasteiger partial charge >= 0.3 is 5.97 Å². The number of nitrogens with one attached hydrogen (secondary N) is 1. The lowest BCUT2D eigenvalue weighted by atomic mass is 9.93. The Kier molecular flexibility index (Phi) is 6.96. The maximum atomic E-state index is 12.8. The molecule has 1 heterocycles. The first kappa shape index (κ1) is 22.0. The molecule has 7 heteroatoms. The average molecular weight is 390 g/mol. The van der Waals surface area contributed by atoms with Crippen LogP contribution < -0.4 is 11.1 Å². The largest absolute Gasteiger partial charge is 0.481 e. The Labute approximate surface area is 165 Å². The minimum Gasteiger partial charge on any atom is -0.481 e. The van der Waals surface area contributed by atoms with Gasteiger partial charge < -0.3 is 20.9 Å². The number of ketones is 1. The predicted molar refractivity (Wildman–Crippen MR) is 105 cm³/mol. The summed E-state index contributed by atoms with van der Waals surface area (Å²) in [6.45, 7) is 8.00. The molecule has 0 radical (unpaired) electrons. The fourth-order valence-electron chi connectivity index (χ4n) is 3.18. The molecule has 1 aromatic rings. The number of hydrogen-bond donors (Lipinski definition) is 3. The highest BCUT2D eigenvalue weighted by Gasteiger charge is 2.50. The van der Waals surface area contributed by atoms with Crippen LogP contribution in [0.1, 0.15) is 55.1 Å². The van der Waals surface area contributed by atoms with E-state index < -0.39 is 23.7 Å². The molecule has 0 aliphatic carbocycles. The number of rotatable bonds is 10. The van der Waals surface area contributed by atoms with Crippen molar-refractivity contribution in [2.24, 2.45) is 11.7 Å². The minimum absolute atomic E-state index is 0.106. The smallest absolute Gasteiger partial charge is 0.304 e. The fraction of sp³-hybridized carbons (Fsp3) is 0.571. The van der Waals surface area contributed by atoms with Gasteiger partial charge in [-0.2, -0.15) is 0 Å². The third kappa shape index (κ3) is 5.87. The average Bonchev–Trinajstić information content (AvgIpc) is 3.33. The molecule has 1 aromatic carbocycles. The van der Waals surface area contributed by atoms with Crippen LogP contribution in [0, 0.1) is 12.8 Å². The summed E-state index contributed by atoms with van der Waals surface area (Å²) in [4.78, 5) is 36.3. The second kappa shape index (κ2) is 8.84. The lowest BCUT2D eigenvalue weighted by molar-refractivity contribution is -0.137. The molecule has 1 saturated heterocycles. The van der Waals surface area contributed by atoms with Crippen LogP contribution >= 0.6 is 0 Å². The predicted octanol–water partition coefficient (Wildman–Crippen LogP) is 1.84. The molecule has 0 bridgehead atoms. The van der Waals surface area contributed by atoms with Crippen molar-refractivity contribution in [2.45, 2.75) is 64.6 Å². The summed E-state index contributed by atoms with van der Waals surface area (Å²) in [5.74, 6) is -1.16. The summed E-state index contributed by atoms with van der Waals surface area (Å²) in [7, 11) is 0. The number of ether oxygens (including phenoxy) is 1. The molecule has 3 atom stereocenters. The number of hydrogen-bond acceptors (Lipinski definition) is 5. The van der Waals surface area contributed by atoms with E-state index in [1.54, 1.807) is 19.1 Å². The zero-order valence-electron chi connectivity index (χ0n) is 17.0. The van der Waals surface area contributed by atoms with Crippen LogP contribution in [0.2, 0.25) is 0 Å². The van der Waals surface area contributed by atoms with E-state index in [1.165, 1.54) is 0 Å². The highest BCUT2D eigenvalue weighted by atomic mass is 16.6. The quantitative estimate of drug-likeness (QED) is 0.524. The van der Waals surface area contributed by atoms with E-state index in [0.29, 0.717) is 25.0 Å². The molecule has 1 amide bonds. The van der Waals surface area contributed by atoms with E-state index >= 15 is 0 Å². The standard InChI is InChI=1S/C21H30N2O5/c1-12(2)7-17(19(26)21(4)11-28-21)23-20(27)14-6-5-13(3)15(8-14)9-16(22)10-18(24)25/h5-6,8,12,16-17H,7,9-11,22H2,1-4H3,(H,23,27)(H,24,25)/t16?,17-,21-/m0/s1. The monoisotopic (exact) mass is 390 g/mol. The van der Waals surface area contributed by atoms with Gasteiger partial charge in [0.1, 0.15) is 5.60 Å². The Bertz CT molecular complexity index is 755. The third-order valence-electron chi connectivity index (χ3n) is 4.96. The Morgan fingerprint density at radius 1 is 1.32 bits per heavy atom. The minimum atomic E-state index is -0.954. The normalized spacial score (nSPS) is 20.5. The van der Waals surface area contributed by atoms with Gasteiger partial charge in [-0.1, -0.05) is 19.9 Å². The van der Waals surface area contributed by atoms with Crippen molar-refractivity contribution in [2.75, 3.05) is 6.61 Å². The van der Waals surface area contributed by atoms with Crippen molar-refractivity contribution in [3.63, 3.8) is 0 Å². The molecule has 0 aromatic heterocycles. The second-order valence-electron chi connectivity index (χ2n) is 8.24. The number of Topliss-reactive ketones (excluding diaryl/α,β-unsaturated/α-hetero) is 1. The van der Waals surface area contributed by atoms with E-state index in [0.717, 1.165) is 11.1 Å². The van der Waals surface area contributed by atoms with Crippen LogP contribution in [0.3, 0.4) is 0 Å². The number of nitrogens with two attached hydrogens (primary N) is 1. The lowest BCUT2D eigenvalue weighted by Crippen LogP contribution is -2.46. The van der Waals surface area contributed by atoms with Gasteiger partial charge in [-0.3, -0.25) is 14.4 Å². The van der Waals surface area contributed by atoms with Crippen molar-refractivity contribution in [1.82, 2.24) is 5.32 Å². The molecule has 2 rings (SSSR count). The summed E-state index contributed by atoms with van der Waals surface area (Å²) in [6.07, 6.45) is 0.755. The fourth-order valence-corrected chi connectivity index (χ4v) is 3.18. The van der Waals surface area contributed by atoms with Crippen LogP contribution in [0.4, 0.5) is 0 Å². The lowest BCUT2D eigenvalue weighted by Gasteiger charge is -2.21. The Morgan fingerprint density at radius 2 is 1.96 bits per heavy atom. The Hall–Kier alpha value is -2.25. The Balaban J connectivity index is 2.14. The molecule has 28 heavy (non-hydrogen) atoms. The Morgan fingerprint density at radius 3 is 2.50 bits per heavy atom. The van der Waals surface area contributed by atoms with Crippen molar-refractivity contribution in [3.05, 3.63) is 34.9 Å². The summed E-state index contributed by atoms with van der Waals surface area (Å²) in [6, 6.07) is 4.08. The van der Waals surface area contributed by atoms with E-state index in [9.17, 15) is 14.4 Å². The SMILES string of the molecule is Cc1ccc(C(=O)N[C@@H](CC(C)C)C(=O)[C@]2(C)CO2)cc1CC(N)CC(=O)O. The van der Waals surface area contributed by atoms with Crippen molar-refractivity contribution in [3.8, 4) is 0 Å². The highest BCUT2D eigenvalue weighted by molar-refractivity contribution is 6.01. The summed E-state index contributed by atoms with van der Waals surface area (Å²) in [5.41, 5.74) is 7.28. The van der Waals surface area contributed by atoms with Crippen molar-refractivity contribution < 1.29 is 24.2 Å². The molecule has 1 aliphatic rings. The van der Waals surface area contributed by atoms with Crippen LogP contribution in [0.15, 0.2) is 18.2 Å². The molecule has 0 saturated carbocycles. The first-order valence-corrected chi connectivity index (χ1v) is 9.58.